The van der Waals surface area contributed by atoms with E-state index in [4.69, 9.17) is 14.7 Å². The summed E-state index contributed by atoms with van der Waals surface area (Å²) in [6.45, 7) is 1.33. The number of carbonyl (C=O) groups is 1. The van der Waals surface area contributed by atoms with Crippen LogP contribution in [0.15, 0.2) is 53.3 Å². The van der Waals surface area contributed by atoms with Gasteiger partial charge in [0.05, 0.1) is 11.3 Å². The van der Waals surface area contributed by atoms with Gasteiger partial charge in [0.15, 0.2) is 6.61 Å². The molecule has 2 aromatic heterocycles. The van der Waals surface area contributed by atoms with Gasteiger partial charge in [-0.2, -0.15) is 5.26 Å². The molecule has 0 saturated carbocycles. The monoisotopic (exact) mass is 349 g/mol. The summed E-state index contributed by atoms with van der Waals surface area (Å²) >= 11 is 0. The van der Waals surface area contributed by atoms with Crippen LogP contribution >= 0.6 is 0 Å². The van der Waals surface area contributed by atoms with Gasteiger partial charge in [-0.25, -0.2) is 9.78 Å². The van der Waals surface area contributed by atoms with Crippen molar-refractivity contribution in [3.05, 3.63) is 75.8 Å². The molecule has 2 heterocycles. The van der Waals surface area contributed by atoms with Crippen molar-refractivity contribution in [3.8, 4) is 11.8 Å². The number of benzene rings is 1. The highest BCUT2D eigenvalue weighted by molar-refractivity contribution is 5.71. The number of para-hydroxylation sites is 1. The third-order valence-electron chi connectivity index (χ3n) is 3.67. The second kappa shape index (κ2) is 7.49. The maximum absolute atomic E-state index is 12.2. The molecule has 0 radical (unpaired) electrons. The quantitative estimate of drug-likeness (QED) is 0.654. The van der Waals surface area contributed by atoms with E-state index in [1.54, 1.807) is 36.4 Å². The standard InChI is InChI=1S/C19H15N3O4/c1-13-5-4-8-17-21-15(9-18(23)22(13)17)11-26-19(24)12-25-16-7-3-2-6-14(16)10-20/h2-9H,11-12H2,1H3. The van der Waals surface area contributed by atoms with E-state index in [0.29, 0.717) is 22.7 Å². The Morgan fingerprint density at radius 2 is 2.04 bits per heavy atom. The number of nitrogens with zero attached hydrogens (tertiary/aromatic N) is 3. The van der Waals surface area contributed by atoms with Crippen LogP contribution in [0.25, 0.3) is 5.65 Å². The Morgan fingerprint density at radius 1 is 1.23 bits per heavy atom. The van der Waals surface area contributed by atoms with Gasteiger partial charge in [0.2, 0.25) is 0 Å². The van der Waals surface area contributed by atoms with E-state index in [1.165, 1.54) is 10.5 Å². The Labute approximate surface area is 149 Å². The lowest BCUT2D eigenvalue weighted by atomic mass is 10.2. The highest BCUT2D eigenvalue weighted by atomic mass is 16.6. The van der Waals surface area contributed by atoms with Gasteiger partial charge in [0, 0.05) is 11.8 Å². The minimum atomic E-state index is -0.621. The second-order valence-corrected chi connectivity index (χ2v) is 5.50. The minimum Gasteiger partial charge on any atom is -0.481 e. The summed E-state index contributed by atoms with van der Waals surface area (Å²) in [5.74, 6) is -0.312. The summed E-state index contributed by atoms with van der Waals surface area (Å²) in [5, 5.41) is 8.98. The van der Waals surface area contributed by atoms with Crippen LogP contribution in [0.3, 0.4) is 0 Å². The summed E-state index contributed by atoms with van der Waals surface area (Å²) in [7, 11) is 0. The molecule has 26 heavy (non-hydrogen) atoms. The van der Waals surface area contributed by atoms with Crippen LogP contribution in [0.4, 0.5) is 0 Å². The number of nitriles is 1. The zero-order valence-corrected chi connectivity index (χ0v) is 14.0. The van der Waals surface area contributed by atoms with Crippen molar-refractivity contribution < 1.29 is 14.3 Å². The van der Waals surface area contributed by atoms with Gasteiger partial charge >= 0.3 is 5.97 Å². The molecular weight excluding hydrogens is 334 g/mol. The first-order chi connectivity index (χ1) is 12.6. The molecule has 1 aromatic carbocycles. The fourth-order valence-corrected chi connectivity index (χ4v) is 2.46. The number of carbonyl (C=O) groups excluding carboxylic acids is 1. The van der Waals surface area contributed by atoms with Gasteiger partial charge < -0.3 is 9.47 Å². The van der Waals surface area contributed by atoms with E-state index in [-0.39, 0.29) is 18.8 Å². The number of hydrogen-bond donors (Lipinski definition) is 0. The van der Waals surface area contributed by atoms with E-state index < -0.39 is 5.97 Å². The maximum atomic E-state index is 12.2. The van der Waals surface area contributed by atoms with Crippen molar-refractivity contribution in [2.75, 3.05) is 6.61 Å². The molecule has 0 bridgehead atoms. The molecule has 0 amide bonds. The summed E-state index contributed by atoms with van der Waals surface area (Å²) in [6, 6.07) is 15.2. The van der Waals surface area contributed by atoms with Crippen LogP contribution in [0.2, 0.25) is 0 Å². The molecule has 0 aliphatic rings. The third-order valence-corrected chi connectivity index (χ3v) is 3.67. The number of hydrogen-bond acceptors (Lipinski definition) is 6. The maximum Gasteiger partial charge on any atom is 0.344 e. The number of esters is 1. The zero-order valence-electron chi connectivity index (χ0n) is 14.0. The smallest absolute Gasteiger partial charge is 0.344 e. The molecule has 0 atom stereocenters. The van der Waals surface area contributed by atoms with Crippen LogP contribution in [0, 0.1) is 18.3 Å². The van der Waals surface area contributed by atoms with Crippen molar-refractivity contribution in [3.63, 3.8) is 0 Å². The van der Waals surface area contributed by atoms with E-state index in [0.717, 1.165) is 5.69 Å². The van der Waals surface area contributed by atoms with Crippen molar-refractivity contribution in [1.29, 1.82) is 5.26 Å². The summed E-state index contributed by atoms with van der Waals surface area (Å²) < 4.78 is 11.9. The molecule has 3 aromatic rings. The lowest BCUT2D eigenvalue weighted by molar-refractivity contribution is -0.147. The van der Waals surface area contributed by atoms with Crippen molar-refractivity contribution in [2.45, 2.75) is 13.5 Å². The van der Waals surface area contributed by atoms with Gasteiger partial charge in [-0.15, -0.1) is 0 Å². The average Bonchev–Trinajstić information content (AvgIpc) is 2.64. The lowest BCUT2D eigenvalue weighted by Gasteiger charge is -2.09. The first kappa shape index (κ1) is 17.2. The SMILES string of the molecule is Cc1cccc2nc(COC(=O)COc3ccccc3C#N)cc(=O)n12. The first-order valence-electron chi connectivity index (χ1n) is 7.84. The average molecular weight is 349 g/mol. The molecule has 0 unspecified atom stereocenters. The summed E-state index contributed by atoms with van der Waals surface area (Å²) in [6.07, 6.45) is 0. The van der Waals surface area contributed by atoms with Gasteiger partial charge in [-0.1, -0.05) is 18.2 Å². The van der Waals surface area contributed by atoms with Crippen molar-refractivity contribution in [2.24, 2.45) is 0 Å². The fourth-order valence-electron chi connectivity index (χ4n) is 2.46. The highest BCUT2D eigenvalue weighted by Gasteiger charge is 2.10. The van der Waals surface area contributed by atoms with Gasteiger partial charge in [0.25, 0.3) is 5.56 Å². The lowest BCUT2D eigenvalue weighted by Crippen LogP contribution is -2.19. The second-order valence-electron chi connectivity index (χ2n) is 5.50. The van der Waals surface area contributed by atoms with Crippen LogP contribution in [-0.2, 0) is 16.1 Å². The minimum absolute atomic E-state index is 0.137. The fraction of sp³-hybridized carbons (Fsp3) is 0.158. The Kier molecular flexibility index (Phi) is 4.94. The number of fused-ring (bicyclic) bond motifs is 1. The van der Waals surface area contributed by atoms with Gasteiger partial charge in [-0.3, -0.25) is 9.20 Å². The van der Waals surface area contributed by atoms with Crippen LogP contribution < -0.4 is 10.3 Å². The molecule has 0 aliphatic heterocycles. The molecule has 3 rings (SSSR count). The highest BCUT2D eigenvalue weighted by Crippen LogP contribution is 2.16. The van der Waals surface area contributed by atoms with Crippen LogP contribution in [0.1, 0.15) is 17.0 Å². The Bertz CT molecular complexity index is 1070. The largest absolute Gasteiger partial charge is 0.481 e. The number of rotatable bonds is 5. The molecule has 0 aliphatic carbocycles. The molecule has 0 saturated heterocycles. The Balaban J connectivity index is 1.64. The summed E-state index contributed by atoms with van der Waals surface area (Å²) in [4.78, 5) is 28.3. The normalized spacial score (nSPS) is 10.3. The third kappa shape index (κ3) is 3.70. The van der Waals surface area contributed by atoms with Crippen LogP contribution in [0.5, 0.6) is 5.75 Å². The zero-order chi connectivity index (χ0) is 18.5. The van der Waals surface area contributed by atoms with Crippen LogP contribution in [-0.4, -0.2) is 22.0 Å². The number of pyridine rings is 1. The van der Waals surface area contributed by atoms with Crippen molar-refractivity contribution >= 4 is 11.6 Å². The van der Waals surface area contributed by atoms with E-state index >= 15 is 0 Å². The van der Waals surface area contributed by atoms with Gasteiger partial charge in [-0.05, 0) is 31.2 Å². The van der Waals surface area contributed by atoms with E-state index in [1.807, 2.05) is 19.1 Å². The molecular formula is C19H15N3O4. The van der Waals surface area contributed by atoms with Crippen molar-refractivity contribution in [1.82, 2.24) is 9.38 Å². The number of aryl methyl sites for hydroxylation is 1. The number of ether oxygens (including phenoxy) is 2. The first-order valence-corrected chi connectivity index (χ1v) is 7.84. The molecule has 0 N–H and O–H groups in total. The molecule has 7 heteroatoms. The number of aromatic nitrogens is 2. The topological polar surface area (TPSA) is 93.7 Å². The molecule has 7 nitrogen and oxygen atoms in total. The molecule has 130 valence electrons. The predicted octanol–water partition coefficient (Wildman–Crippen LogP) is 2.00. The predicted molar refractivity (Wildman–Crippen MR) is 92.6 cm³/mol. The molecule has 0 fully saturated rings. The Hall–Kier alpha value is -3.66. The van der Waals surface area contributed by atoms with Gasteiger partial charge in [0.1, 0.15) is 24.1 Å². The summed E-state index contributed by atoms with van der Waals surface area (Å²) in [5.41, 5.74) is 1.71. The Morgan fingerprint density at radius 3 is 2.85 bits per heavy atom. The van der Waals surface area contributed by atoms with E-state index in [2.05, 4.69) is 4.98 Å². The van der Waals surface area contributed by atoms with E-state index in [9.17, 15) is 9.59 Å². The molecule has 0 spiro atoms.